The third-order valence-electron chi connectivity index (χ3n) is 2.94. The molecule has 0 aliphatic carbocycles. The van der Waals surface area contributed by atoms with Crippen molar-refractivity contribution in [3.63, 3.8) is 0 Å². The van der Waals surface area contributed by atoms with Gasteiger partial charge in [0.15, 0.2) is 6.10 Å². The molecule has 0 spiro atoms. The molecule has 1 heterocycles. The summed E-state index contributed by atoms with van der Waals surface area (Å²) in [6, 6.07) is 0. The molecule has 1 aliphatic heterocycles. The lowest BCUT2D eigenvalue weighted by Gasteiger charge is -2.46. The van der Waals surface area contributed by atoms with Crippen LogP contribution in [-0.4, -0.2) is 60.9 Å². The maximum Gasteiger partial charge on any atom is 0.450 e. The average molecular weight is 345 g/mol. The number of hydrogen-bond acceptors (Lipinski definition) is 11. The van der Waals surface area contributed by atoms with Gasteiger partial charge in [-0.3, -0.25) is 4.74 Å². The van der Waals surface area contributed by atoms with Crippen LogP contribution in [0.4, 0.5) is 0 Å². The summed E-state index contributed by atoms with van der Waals surface area (Å²) in [5, 5.41) is 46.9. The zero-order valence-electron chi connectivity index (χ0n) is 9.88. The van der Waals surface area contributed by atoms with Crippen molar-refractivity contribution in [3.05, 3.63) is 10.4 Å². The maximum atomic E-state index is 11.1. The molecule has 1 aliphatic rings. The summed E-state index contributed by atoms with van der Waals surface area (Å²) in [6.45, 7) is -1.44. The summed E-state index contributed by atoms with van der Waals surface area (Å²) in [5.74, 6) is 0. The summed E-state index contributed by atoms with van der Waals surface area (Å²) in [5.41, 5.74) is 1.41. The van der Waals surface area contributed by atoms with Crippen LogP contribution in [0.5, 0.6) is 0 Å². The first-order valence-corrected chi connectivity index (χ1v) is 7.36. The van der Waals surface area contributed by atoms with Crippen LogP contribution in [-0.2, 0) is 13.9 Å². The number of aliphatic hydroxyl groups is 5. The largest absolute Gasteiger partial charge is 0.593 e. The molecule has 5 N–H and O–H groups in total. The molecule has 13 nitrogen and oxygen atoms in total. The van der Waals surface area contributed by atoms with Crippen molar-refractivity contribution >= 4 is 16.1 Å². The Morgan fingerprint density at radius 2 is 1.76 bits per heavy atom. The van der Waals surface area contributed by atoms with Gasteiger partial charge in [-0.25, -0.2) is 0 Å². The molecule has 0 saturated carbocycles. The lowest BCUT2D eigenvalue weighted by Crippen LogP contribution is -2.75. The first-order valence-electron chi connectivity index (χ1n) is 5.00. The molecule has 0 aromatic carbocycles. The van der Waals surface area contributed by atoms with Gasteiger partial charge in [-0.05, 0) is 5.53 Å². The molecule has 1 fully saturated rings. The van der Waals surface area contributed by atoms with Gasteiger partial charge in [-0.2, -0.15) is 0 Å². The van der Waals surface area contributed by atoms with Crippen molar-refractivity contribution in [2.24, 2.45) is 5.11 Å². The van der Waals surface area contributed by atoms with Gasteiger partial charge < -0.3 is 35.3 Å². The van der Waals surface area contributed by atoms with Crippen LogP contribution in [0.2, 0.25) is 0 Å². The first kappa shape index (κ1) is 18.2. The second-order valence-electron chi connectivity index (χ2n) is 4.03. The van der Waals surface area contributed by atoms with Gasteiger partial charge in [0.05, 0.1) is 6.61 Å². The maximum absolute atomic E-state index is 11.1. The molecule has 0 bridgehead atoms. The van der Waals surface area contributed by atoms with E-state index in [0.717, 1.165) is 0 Å². The van der Waals surface area contributed by atoms with E-state index in [4.69, 9.17) is 10.6 Å². The number of azide groups is 1. The second kappa shape index (κ2) is 5.76. The molecule has 0 aromatic rings. The minimum absolute atomic E-state index is 1.44. The van der Waals surface area contributed by atoms with E-state index in [9.17, 15) is 39.3 Å². The molecular formula is C6H9N3O10P2. The number of aliphatic hydroxyl groups excluding tert-OH is 3. The summed E-state index contributed by atoms with van der Waals surface area (Å²) < 4.78 is 26.5. The number of ether oxygens (including phenoxy) is 1. The molecule has 3 unspecified atom stereocenters. The Labute approximate surface area is 117 Å². The number of hydrogen-bond donors (Lipinski definition) is 5. The van der Waals surface area contributed by atoms with Crippen molar-refractivity contribution in [1.29, 1.82) is 0 Å². The predicted molar refractivity (Wildman–Crippen MR) is 57.2 cm³/mol. The number of nitrogens with zero attached hydrogens (tertiary/aromatic N) is 3. The Balaban J connectivity index is 3.62. The van der Waals surface area contributed by atoms with Crippen molar-refractivity contribution in [2.45, 2.75) is 28.8 Å². The highest BCUT2D eigenvalue weighted by molar-refractivity contribution is 7.43. The predicted octanol–water partition coefficient (Wildman–Crippen LogP) is -3.72. The van der Waals surface area contributed by atoms with E-state index in [1.54, 1.807) is 0 Å². The Bertz CT molecular complexity index is 527. The third kappa shape index (κ3) is 2.34. The van der Waals surface area contributed by atoms with E-state index in [1.807, 2.05) is 0 Å². The van der Waals surface area contributed by atoms with Gasteiger partial charge in [0.1, 0.15) is 6.10 Å². The van der Waals surface area contributed by atoms with Gasteiger partial charge in [0.2, 0.25) is 5.72 Å². The Morgan fingerprint density at radius 3 is 2.10 bits per heavy atom. The summed E-state index contributed by atoms with van der Waals surface area (Å²) in [4.78, 5) is 24.3. The van der Waals surface area contributed by atoms with Crippen LogP contribution in [0.1, 0.15) is 0 Å². The quantitative estimate of drug-likeness (QED) is 0.144. The molecule has 0 aromatic heterocycles. The third-order valence-corrected chi connectivity index (χ3v) is 5.17. The highest BCUT2D eigenvalue weighted by atomic mass is 31.1. The van der Waals surface area contributed by atoms with E-state index in [2.05, 4.69) is 14.8 Å². The molecule has 0 amide bonds. The Morgan fingerprint density at radius 1 is 1.24 bits per heavy atom. The van der Waals surface area contributed by atoms with E-state index in [1.165, 1.54) is 0 Å². The zero-order chi connectivity index (χ0) is 16.6. The first-order chi connectivity index (χ1) is 9.53. The van der Waals surface area contributed by atoms with E-state index in [-0.39, 0.29) is 0 Å². The van der Waals surface area contributed by atoms with E-state index < -0.39 is 51.5 Å². The molecule has 21 heavy (non-hydrogen) atoms. The van der Waals surface area contributed by atoms with Gasteiger partial charge >= 0.3 is 26.9 Å². The van der Waals surface area contributed by atoms with Gasteiger partial charge in [0, 0.05) is 4.91 Å². The summed E-state index contributed by atoms with van der Waals surface area (Å²) >= 11 is 0. The highest BCUT2D eigenvalue weighted by Crippen LogP contribution is 2.57. The smallest absolute Gasteiger partial charge is 0.450 e. The van der Waals surface area contributed by atoms with Gasteiger partial charge in [-0.1, -0.05) is 14.2 Å². The van der Waals surface area contributed by atoms with Crippen LogP contribution >= 0.6 is 16.1 Å². The lowest BCUT2D eigenvalue weighted by atomic mass is 9.93. The monoisotopic (exact) mass is 345 g/mol. The van der Waals surface area contributed by atoms with Crippen LogP contribution in [0.25, 0.3) is 10.4 Å². The summed E-state index contributed by atoms with van der Waals surface area (Å²) in [7, 11) is -8.58. The fraction of sp³-hybridized carbons (Fsp3) is 1.00. The van der Waals surface area contributed by atoms with Crippen LogP contribution in [0, 0.1) is 0 Å². The van der Waals surface area contributed by atoms with Crippen LogP contribution in [0.3, 0.4) is 0 Å². The second-order valence-corrected chi connectivity index (χ2v) is 6.35. The Hall–Kier alpha value is -0.810. The highest BCUT2D eigenvalue weighted by Gasteiger charge is 2.82. The van der Waals surface area contributed by atoms with E-state index >= 15 is 0 Å². The van der Waals surface area contributed by atoms with Gasteiger partial charge in [-0.15, -0.1) is 0 Å². The molecular weight excluding hydrogens is 336 g/mol. The molecule has 0 radical (unpaired) electrons. The topological polar surface area (TPSA) is 239 Å². The molecule has 7 atom stereocenters. The molecule has 1 saturated heterocycles. The van der Waals surface area contributed by atoms with Crippen molar-refractivity contribution in [3.8, 4) is 0 Å². The van der Waals surface area contributed by atoms with E-state index in [0.29, 0.717) is 0 Å². The SMILES string of the molecule is [N-]=[N+]=N[C@]1(CO)OC(O)([P+](=O)[O-])[C@](O)([P+](=O)[O-])[C@@H](O)[C@@H]1O. The van der Waals surface area contributed by atoms with Crippen LogP contribution in [0.15, 0.2) is 5.11 Å². The average Bonchev–Trinajstić information content (AvgIpc) is 2.42. The van der Waals surface area contributed by atoms with Crippen molar-refractivity contribution in [1.82, 2.24) is 0 Å². The lowest BCUT2D eigenvalue weighted by molar-refractivity contribution is -0.377. The van der Waals surface area contributed by atoms with Crippen LogP contribution < -0.4 is 9.79 Å². The minimum atomic E-state index is -4.31. The molecule has 15 heteroatoms. The van der Waals surface area contributed by atoms with Crippen molar-refractivity contribution in [2.75, 3.05) is 6.61 Å². The Kier molecular flexibility index (Phi) is 5.01. The fourth-order valence-electron chi connectivity index (χ4n) is 1.75. The standard InChI is InChI=1S/C6H9N3O10P2/c7-9-8-4(1-10)2(11)3(12)5(13,20(15)16)6(14,19-4)21(17)18/h2-3,10-14H,1H2/t2-,3-,4+,5+,6?/m0/s1. The zero-order valence-corrected chi connectivity index (χ0v) is 11.7. The van der Waals surface area contributed by atoms with Gasteiger partial charge in [0.25, 0.3) is 0 Å². The fourth-order valence-corrected chi connectivity index (χ4v) is 3.52. The normalized spacial score (nSPS) is 44.7. The molecule has 1 rings (SSSR count). The summed E-state index contributed by atoms with van der Waals surface area (Å²) in [6.07, 6.45) is -5.44. The minimum Gasteiger partial charge on any atom is -0.593 e. The van der Waals surface area contributed by atoms with Crippen molar-refractivity contribution < 1.29 is 49.2 Å². The molecule has 118 valence electrons. The number of rotatable bonds is 4.